The van der Waals surface area contributed by atoms with Gasteiger partial charge in [0.2, 0.25) is 0 Å². The molecule has 0 amide bonds. The van der Waals surface area contributed by atoms with Crippen molar-refractivity contribution in [1.29, 1.82) is 0 Å². The second-order valence-electron chi connectivity index (χ2n) is 5.48. The molecule has 2 aliphatic heterocycles. The van der Waals surface area contributed by atoms with Crippen LogP contribution in [0.4, 0.5) is 0 Å². The summed E-state index contributed by atoms with van der Waals surface area (Å²) in [6.45, 7) is 4.41. The van der Waals surface area contributed by atoms with E-state index >= 15 is 0 Å². The molecular formula is C14H28N2O. The van der Waals surface area contributed by atoms with E-state index in [0.29, 0.717) is 6.10 Å². The molecule has 2 atom stereocenters. The molecule has 2 unspecified atom stereocenters. The molecule has 0 saturated carbocycles. The van der Waals surface area contributed by atoms with E-state index in [4.69, 9.17) is 4.74 Å². The van der Waals surface area contributed by atoms with Crippen molar-refractivity contribution in [1.82, 2.24) is 10.6 Å². The fourth-order valence-electron chi connectivity index (χ4n) is 2.88. The monoisotopic (exact) mass is 240 g/mol. The fraction of sp³-hybridized carbons (Fsp3) is 1.00. The molecule has 100 valence electrons. The Bertz CT molecular complexity index is 167. The highest BCUT2D eigenvalue weighted by Gasteiger charge is 2.13. The lowest BCUT2D eigenvalue weighted by atomic mass is 10.0. The summed E-state index contributed by atoms with van der Waals surface area (Å²) in [6, 6.07) is 0.788. The van der Waals surface area contributed by atoms with Gasteiger partial charge in [-0.05, 0) is 58.0 Å². The molecule has 0 aliphatic carbocycles. The summed E-state index contributed by atoms with van der Waals surface area (Å²) < 4.78 is 5.70. The average Bonchev–Trinajstić information content (AvgIpc) is 2.41. The van der Waals surface area contributed by atoms with Crippen molar-refractivity contribution >= 4 is 0 Å². The Kier molecular flexibility index (Phi) is 6.32. The van der Waals surface area contributed by atoms with E-state index in [9.17, 15) is 0 Å². The zero-order valence-corrected chi connectivity index (χ0v) is 11.0. The van der Waals surface area contributed by atoms with Crippen LogP contribution in [0, 0.1) is 0 Å². The maximum Gasteiger partial charge on any atom is 0.0699 e. The summed E-state index contributed by atoms with van der Waals surface area (Å²) in [5, 5.41) is 7.15. The first-order valence-corrected chi connectivity index (χ1v) is 7.51. The van der Waals surface area contributed by atoms with Crippen molar-refractivity contribution < 1.29 is 4.74 Å². The van der Waals surface area contributed by atoms with Crippen molar-refractivity contribution in [2.45, 2.75) is 63.5 Å². The van der Waals surface area contributed by atoms with E-state index in [1.807, 2.05) is 0 Å². The number of piperidine rings is 1. The van der Waals surface area contributed by atoms with Crippen LogP contribution >= 0.6 is 0 Å². The summed E-state index contributed by atoms with van der Waals surface area (Å²) in [4.78, 5) is 0. The van der Waals surface area contributed by atoms with Crippen LogP contribution in [-0.2, 0) is 4.74 Å². The molecule has 3 nitrogen and oxygen atoms in total. The van der Waals surface area contributed by atoms with Gasteiger partial charge in [-0.1, -0.05) is 6.42 Å². The van der Waals surface area contributed by atoms with E-state index in [1.54, 1.807) is 0 Å². The molecule has 2 N–H and O–H groups in total. The van der Waals surface area contributed by atoms with Gasteiger partial charge >= 0.3 is 0 Å². The second-order valence-corrected chi connectivity index (χ2v) is 5.48. The third-order valence-corrected chi connectivity index (χ3v) is 3.96. The Morgan fingerprint density at radius 3 is 2.82 bits per heavy atom. The predicted octanol–water partition coefficient (Wildman–Crippen LogP) is 2.07. The average molecular weight is 240 g/mol. The fourth-order valence-corrected chi connectivity index (χ4v) is 2.88. The summed E-state index contributed by atoms with van der Waals surface area (Å²) in [6.07, 6.45) is 11.1. The van der Waals surface area contributed by atoms with Crippen LogP contribution in [0.25, 0.3) is 0 Å². The highest BCUT2D eigenvalue weighted by atomic mass is 16.5. The summed E-state index contributed by atoms with van der Waals surface area (Å²) >= 11 is 0. The molecule has 0 aromatic carbocycles. The number of nitrogens with one attached hydrogen (secondary N) is 2. The van der Waals surface area contributed by atoms with Gasteiger partial charge in [0.15, 0.2) is 0 Å². The normalized spacial score (nSPS) is 30.4. The van der Waals surface area contributed by atoms with Crippen LogP contribution in [0.15, 0.2) is 0 Å². The number of hydrogen-bond donors (Lipinski definition) is 2. The number of hydrogen-bond acceptors (Lipinski definition) is 3. The standard InChI is InChI=1S/C14H28N2O/c1-3-10-16-13(6-1)7-5-9-15-12-14-8-2-4-11-17-14/h13-16H,1-12H2. The molecule has 3 heteroatoms. The first kappa shape index (κ1) is 13.3. The molecule has 0 aromatic heterocycles. The van der Waals surface area contributed by atoms with Crippen LogP contribution in [0.5, 0.6) is 0 Å². The lowest BCUT2D eigenvalue weighted by Gasteiger charge is -2.24. The number of ether oxygens (including phenoxy) is 1. The van der Waals surface area contributed by atoms with E-state index < -0.39 is 0 Å². The van der Waals surface area contributed by atoms with Gasteiger partial charge in [0, 0.05) is 19.2 Å². The van der Waals surface area contributed by atoms with Crippen LogP contribution in [0.3, 0.4) is 0 Å². The predicted molar refractivity (Wildman–Crippen MR) is 71.3 cm³/mol. The Balaban J connectivity index is 1.42. The molecular weight excluding hydrogens is 212 g/mol. The largest absolute Gasteiger partial charge is 0.377 e. The number of rotatable bonds is 6. The Morgan fingerprint density at radius 1 is 1.12 bits per heavy atom. The Hall–Kier alpha value is -0.120. The summed E-state index contributed by atoms with van der Waals surface area (Å²) in [7, 11) is 0. The van der Waals surface area contributed by atoms with Crippen molar-refractivity contribution in [2.24, 2.45) is 0 Å². The first-order valence-electron chi connectivity index (χ1n) is 7.51. The lowest BCUT2D eigenvalue weighted by Crippen LogP contribution is -2.35. The maximum atomic E-state index is 5.70. The van der Waals surface area contributed by atoms with Crippen molar-refractivity contribution in [3.8, 4) is 0 Å². The minimum absolute atomic E-state index is 0.483. The van der Waals surface area contributed by atoms with E-state index in [1.165, 1.54) is 57.9 Å². The molecule has 2 rings (SSSR count). The van der Waals surface area contributed by atoms with Gasteiger partial charge in [0.1, 0.15) is 0 Å². The molecule has 0 bridgehead atoms. The van der Waals surface area contributed by atoms with Gasteiger partial charge in [-0.25, -0.2) is 0 Å². The zero-order chi connectivity index (χ0) is 11.8. The highest BCUT2D eigenvalue weighted by Crippen LogP contribution is 2.12. The Morgan fingerprint density at radius 2 is 2.06 bits per heavy atom. The topological polar surface area (TPSA) is 33.3 Å². The van der Waals surface area contributed by atoms with E-state index in [-0.39, 0.29) is 0 Å². The third kappa shape index (κ3) is 5.36. The maximum absolute atomic E-state index is 5.70. The van der Waals surface area contributed by atoms with Crippen molar-refractivity contribution in [3.05, 3.63) is 0 Å². The van der Waals surface area contributed by atoms with Crippen LogP contribution < -0.4 is 10.6 Å². The quantitative estimate of drug-likeness (QED) is 0.697. The summed E-state index contributed by atoms with van der Waals surface area (Å²) in [5.74, 6) is 0. The van der Waals surface area contributed by atoms with Crippen molar-refractivity contribution in [2.75, 3.05) is 26.2 Å². The minimum atomic E-state index is 0.483. The van der Waals surface area contributed by atoms with Gasteiger partial charge in [0.25, 0.3) is 0 Å². The van der Waals surface area contributed by atoms with E-state index in [2.05, 4.69) is 10.6 Å². The van der Waals surface area contributed by atoms with Gasteiger partial charge in [-0.2, -0.15) is 0 Å². The van der Waals surface area contributed by atoms with E-state index in [0.717, 1.165) is 25.7 Å². The SMILES string of the molecule is C1CCC(CCCNCC2CCCCO2)NC1. The van der Waals surface area contributed by atoms with Crippen LogP contribution in [0.1, 0.15) is 51.4 Å². The van der Waals surface area contributed by atoms with Gasteiger partial charge < -0.3 is 15.4 Å². The van der Waals surface area contributed by atoms with Crippen LogP contribution in [-0.4, -0.2) is 38.4 Å². The second kappa shape index (κ2) is 8.06. The molecule has 0 radical (unpaired) electrons. The molecule has 0 spiro atoms. The van der Waals surface area contributed by atoms with Gasteiger partial charge in [-0.15, -0.1) is 0 Å². The molecule has 17 heavy (non-hydrogen) atoms. The van der Waals surface area contributed by atoms with Crippen LogP contribution in [0.2, 0.25) is 0 Å². The first-order chi connectivity index (χ1) is 8.45. The van der Waals surface area contributed by atoms with Gasteiger partial charge in [-0.3, -0.25) is 0 Å². The molecule has 2 fully saturated rings. The summed E-state index contributed by atoms with van der Waals surface area (Å²) in [5.41, 5.74) is 0. The molecule has 2 saturated heterocycles. The van der Waals surface area contributed by atoms with Gasteiger partial charge in [0.05, 0.1) is 6.10 Å². The lowest BCUT2D eigenvalue weighted by molar-refractivity contribution is 0.0170. The highest BCUT2D eigenvalue weighted by molar-refractivity contribution is 4.72. The molecule has 0 aromatic rings. The smallest absolute Gasteiger partial charge is 0.0699 e. The van der Waals surface area contributed by atoms with Crippen molar-refractivity contribution in [3.63, 3.8) is 0 Å². The molecule has 2 heterocycles. The third-order valence-electron chi connectivity index (χ3n) is 3.96. The minimum Gasteiger partial charge on any atom is -0.377 e. The molecule has 2 aliphatic rings. The zero-order valence-electron chi connectivity index (χ0n) is 11.0. The Labute approximate surface area is 106 Å².